The number of hydrogen-bond acceptors (Lipinski definition) is 4. The van der Waals surface area contributed by atoms with Crippen LogP contribution in [0.5, 0.6) is 0 Å². The highest BCUT2D eigenvalue weighted by Gasteiger charge is 2.61. The Balaban J connectivity index is 1.39. The number of benzene rings is 1. The van der Waals surface area contributed by atoms with Crippen molar-refractivity contribution >= 4 is 17.7 Å². The van der Waals surface area contributed by atoms with Crippen molar-refractivity contribution in [3.05, 3.63) is 48.0 Å². The number of rotatable bonds is 4. The topological polar surface area (TPSA) is 75.7 Å². The monoisotopic (exact) mass is 312 g/mol. The van der Waals surface area contributed by atoms with E-state index in [2.05, 4.69) is 5.43 Å². The second kappa shape index (κ2) is 5.31. The maximum absolute atomic E-state index is 12.4. The Morgan fingerprint density at radius 3 is 2.26 bits per heavy atom. The summed E-state index contributed by atoms with van der Waals surface area (Å²) in [6, 6.07) is 9.60. The number of nitrogens with one attached hydrogen (secondary N) is 1. The van der Waals surface area contributed by atoms with E-state index in [-0.39, 0.29) is 36.4 Å². The van der Waals surface area contributed by atoms with Gasteiger partial charge in [-0.1, -0.05) is 42.5 Å². The van der Waals surface area contributed by atoms with Crippen LogP contribution in [0, 0.1) is 11.8 Å². The lowest BCUT2D eigenvalue weighted by Gasteiger charge is -2.18. The first-order valence-corrected chi connectivity index (χ1v) is 7.70. The molecule has 118 valence electrons. The fraction of sp³-hybridized carbons (Fsp3) is 0.353. The molecule has 23 heavy (non-hydrogen) atoms. The molecule has 2 bridgehead atoms. The van der Waals surface area contributed by atoms with E-state index in [1.165, 1.54) is 0 Å². The normalized spacial score (nSPS) is 30.9. The molecule has 0 saturated carbocycles. The highest BCUT2D eigenvalue weighted by Crippen LogP contribution is 2.44. The van der Waals surface area contributed by atoms with Crippen LogP contribution in [0.1, 0.15) is 12.0 Å². The minimum atomic E-state index is -0.494. The number of ether oxygens (including phenoxy) is 1. The molecule has 1 aromatic rings. The molecule has 6 nitrogen and oxygen atoms in total. The third-order valence-electron chi connectivity index (χ3n) is 4.63. The van der Waals surface area contributed by atoms with Gasteiger partial charge in [-0.3, -0.25) is 19.8 Å². The average Bonchev–Trinajstić information content (AvgIpc) is 3.24. The van der Waals surface area contributed by atoms with Crippen LogP contribution in [-0.2, 0) is 25.5 Å². The van der Waals surface area contributed by atoms with Crippen LogP contribution < -0.4 is 5.43 Å². The van der Waals surface area contributed by atoms with E-state index in [1.807, 2.05) is 42.5 Å². The molecule has 4 rings (SSSR count). The van der Waals surface area contributed by atoms with Gasteiger partial charge in [0.05, 0.1) is 24.0 Å². The molecule has 0 aromatic heterocycles. The van der Waals surface area contributed by atoms with Gasteiger partial charge in [-0.2, -0.15) is 5.01 Å². The molecule has 2 saturated heterocycles. The second-order valence-corrected chi connectivity index (χ2v) is 6.03. The Hall–Kier alpha value is -2.47. The molecular formula is C17H16N2O4. The number of aryl methyl sites for hydroxylation is 1. The molecule has 6 heteroatoms. The number of hydrogen-bond donors (Lipinski definition) is 1. The van der Waals surface area contributed by atoms with E-state index in [4.69, 9.17) is 4.74 Å². The zero-order valence-electron chi connectivity index (χ0n) is 12.3. The van der Waals surface area contributed by atoms with Crippen LogP contribution in [0.4, 0.5) is 0 Å². The first-order chi connectivity index (χ1) is 11.1. The third-order valence-corrected chi connectivity index (χ3v) is 4.63. The van der Waals surface area contributed by atoms with Gasteiger partial charge in [-0.25, -0.2) is 0 Å². The lowest BCUT2D eigenvalue weighted by atomic mass is 9.85. The van der Waals surface area contributed by atoms with Crippen molar-refractivity contribution in [2.24, 2.45) is 11.8 Å². The molecule has 2 fully saturated rings. The highest BCUT2D eigenvalue weighted by molar-refractivity contribution is 6.07. The Bertz CT molecular complexity index is 670. The molecule has 0 spiro atoms. The highest BCUT2D eigenvalue weighted by atomic mass is 16.5. The van der Waals surface area contributed by atoms with E-state index in [9.17, 15) is 14.4 Å². The quantitative estimate of drug-likeness (QED) is 0.652. The van der Waals surface area contributed by atoms with Crippen LogP contribution in [0.15, 0.2) is 42.5 Å². The smallest absolute Gasteiger partial charge is 0.255 e. The predicted octanol–water partition coefficient (Wildman–Crippen LogP) is 0.589. The van der Waals surface area contributed by atoms with Gasteiger partial charge in [-0.05, 0) is 12.0 Å². The summed E-state index contributed by atoms with van der Waals surface area (Å²) in [7, 11) is 0. The number of imide groups is 1. The van der Waals surface area contributed by atoms with Crippen molar-refractivity contribution in [3.8, 4) is 0 Å². The van der Waals surface area contributed by atoms with Crippen molar-refractivity contribution in [2.75, 3.05) is 0 Å². The lowest BCUT2D eigenvalue weighted by molar-refractivity contribution is -0.151. The van der Waals surface area contributed by atoms with E-state index in [0.717, 1.165) is 10.6 Å². The number of amides is 3. The zero-order chi connectivity index (χ0) is 16.0. The predicted molar refractivity (Wildman–Crippen MR) is 79.5 cm³/mol. The van der Waals surface area contributed by atoms with Gasteiger partial charge in [0.2, 0.25) is 5.91 Å². The third kappa shape index (κ3) is 2.26. The number of nitrogens with zero attached hydrogens (tertiary/aromatic N) is 1. The second-order valence-electron chi connectivity index (χ2n) is 6.03. The molecule has 4 atom stereocenters. The number of fused-ring (bicyclic) bond motifs is 5. The SMILES string of the molecule is O=C(CCc1ccccc1)NN1C(=O)[C@@H]2[C@H](C1=O)[C@H]1C=C[C@@H]2O1. The molecule has 0 radical (unpaired) electrons. The van der Waals surface area contributed by atoms with Gasteiger partial charge in [0.15, 0.2) is 0 Å². The zero-order valence-corrected chi connectivity index (χ0v) is 12.3. The minimum absolute atomic E-state index is 0.220. The van der Waals surface area contributed by atoms with Crippen LogP contribution in [0.25, 0.3) is 0 Å². The fourth-order valence-corrected chi connectivity index (χ4v) is 3.50. The van der Waals surface area contributed by atoms with Crippen molar-refractivity contribution in [1.29, 1.82) is 0 Å². The van der Waals surface area contributed by atoms with Crippen molar-refractivity contribution in [1.82, 2.24) is 10.4 Å². The molecule has 3 aliphatic rings. The molecule has 1 aromatic carbocycles. The van der Waals surface area contributed by atoms with Gasteiger partial charge >= 0.3 is 0 Å². The summed E-state index contributed by atoms with van der Waals surface area (Å²) >= 11 is 0. The fourth-order valence-electron chi connectivity index (χ4n) is 3.50. The number of carbonyl (C=O) groups excluding carboxylic acids is 3. The molecule has 3 amide bonds. The molecule has 3 aliphatic heterocycles. The summed E-state index contributed by atoms with van der Waals surface area (Å²) in [5, 5.41) is 0.887. The summed E-state index contributed by atoms with van der Waals surface area (Å²) < 4.78 is 5.55. The summed E-state index contributed by atoms with van der Waals surface area (Å²) in [4.78, 5) is 36.8. The lowest BCUT2D eigenvalue weighted by Crippen LogP contribution is -2.48. The Morgan fingerprint density at radius 1 is 1.04 bits per heavy atom. The van der Waals surface area contributed by atoms with Crippen LogP contribution >= 0.6 is 0 Å². The Kier molecular flexibility index (Phi) is 3.27. The van der Waals surface area contributed by atoms with Crippen molar-refractivity contribution < 1.29 is 19.1 Å². The number of carbonyl (C=O) groups is 3. The Morgan fingerprint density at radius 2 is 1.65 bits per heavy atom. The largest absolute Gasteiger partial charge is 0.365 e. The molecule has 0 unspecified atom stereocenters. The summed E-state index contributed by atoms with van der Waals surface area (Å²) in [5.41, 5.74) is 3.49. The first-order valence-electron chi connectivity index (χ1n) is 7.70. The van der Waals surface area contributed by atoms with Crippen LogP contribution in [-0.4, -0.2) is 34.9 Å². The molecule has 1 N–H and O–H groups in total. The van der Waals surface area contributed by atoms with E-state index in [0.29, 0.717) is 6.42 Å². The molecule has 0 aliphatic carbocycles. The van der Waals surface area contributed by atoms with Gasteiger partial charge in [0, 0.05) is 6.42 Å². The summed E-state index contributed by atoms with van der Waals surface area (Å²) in [5.74, 6) is -2.06. The Labute approximate surface area is 133 Å². The maximum atomic E-state index is 12.4. The van der Waals surface area contributed by atoms with Gasteiger partial charge < -0.3 is 4.74 Å². The molecule has 3 heterocycles. The van der Waals surface area contributed by atoms with Crippen molar-refractivity contribution in [2.45, 2.75) is 25.0 Å². The first kappa shape index (κ1) is 14.1. The molecular weight excluding hydrogens is 296 g/mol. The van der Waals surface area contributed by atoms with E-state index in [1.54, 1.807) is 0 Å². The van der Waals surface area contributed by atoms with Gasteiger partial charge in [-0.15, -0.1) is 0 Å². The summed E-state index contributed by atoms with van der Waals surface area (Å²) in [6.45, 7) is 0. The summed E-state index contributed by atoms with van der Waals surface area (Å²) in [6.07, 6.45) is 3.74. The van der Waals surface area contributed by atoms with Crippen LogP contribution in [0.2, 0.25) is 0 Å². The van der Waals surface area contributed by atoms with Crippen molar-refractivity contribution in [3.63, 3.8) is 0 Å². The maximum Gasteiger partial charge on any atom is 0.255 e. The van der Waals surface area contributed by atoms with Crippen LogP contribution in [0.3, 0.4) is 0 Å². The van der Waals surface area contributed by atoms with Gasteiger partial charge in [0.1, 0.15) is 0 Å². The average molecular weight is 312 g/mol. The standard InChI is InChI=1S/C17H16N2O4/c20-13(9-6-10-4-2-1-3-5-10)18-19-16(21)14-11-7-8-12(23-11)15(14)17(19)22/h1-5,7-8,11-12,14-15H,6,9H2,(H,18,20)/t11-,12+,14-,15+. The van der Waals surface area contributed by atoms with Gasteiger partial charge in [0.25, 0.3) is 11.8 Å². The van der Waals surface area contributed by atoms with E-state index >= 15 is 0 Å². The number of hydrazine groups is 1. The minimum Gasteiger partial charge on any atom is -0.365 e. The van der Waals surface area contributed by atoms with E-state index < -0.39 is 11.8 Å².